The van der Waals surface area contributed by atoms with Crippen LogP contribution in [0, 0.1) is 12.8 Å². The third kappa shape index (κ3) is 3.80. The molecule has 6 heteroatoms. The molecule has 0 bridgehead atoms. The van der Waals surface area contributed by atoms with E-state index < -0.39 is 11.8 Å². The first kappa shape index (κ1) is 19.0. The molecule has 5 nitrogen and oxygen atoms in total. The number of carbonyl (C=O) groups excluding carboxylic acids is 2. The zero-order valence-corrected chi connectivity index (χ0v) is 16.4. The molecule has 0 amide bonds. The molecule has 1 aromatic rings. The Balaban J connectivity index is 1.94. The summed E-state index contributed by atoms with van der Waals surface area (Å²) in [5.74, 6) is 1.86. The molecular weight excluding hydrogens is 350 g/mol. The second-order valence-corrected chi connectivity index (χ2v) is 8.05. The van der Waals surface area contributed by atoms with Crippen LogP contribution in [0.25, 0.3) is 0 Å². The molecule has 1 aliphatic heterocycles. The maximum Gasteiger partial charge on any atom is 0.315 e. The number of furan rings is 1. The summed E-state index contributed by atoms with van der Waals surface area (Å²) < 4.78 is 11.4. The van der Waals surface area contributed by atoms with Gasteiger partial charge in [0.2, 0.25) is 0 Å². The second-order valence-electron chi connectivity index (χ2n) is 6.66. The summed E-state index contributed by atoms with van der Waals surface area (Å²) in [5, 5.41) is 0. The molecule has 0 N–H and O–H groups in total. The molecule has 0 saturated heterocycles. The lowest BCUT2D eigenvalue weighted by Gasteiger charge is -2.33. The molecule has 0 spiro atoms. The van der Waals surface area contributed by atoms with Gasteiger partial charge in [0.15, 0.2) is 5.78 Å². The van der Waals surface area contributed by atoms with E-state index in [1.165, 1.54) is 0 Å². The molecule has 0 saturated carbocycles. The van der Waals surface area contributed by atoms with Crippen LogP contribution in [0.5, 0.6) is 0 Å². The summed E-state index contributed by atoms with van der Waals surface area (Å²) in [6.45, 7) is 6.15. The highest BCUT2D eigenvalue weighted by molar-refractivity contribution is 7.99. The van der Waals surface area contributed by atoms with Crippen LogP contribution in [0.2, 0.25) is 0 Å². The van der Waals surface area contributed by atoms with Crippen molar-refractivity contribution in [1.29, 1.82) is 0 Å². The quantitative estimate of drug-likeness (QED) is 0.554. The SMILES string of the molecule is CCSCCOC(=O)C1C(C)=NC2=C(C(=O)CCC2)[C@@H]1c1ccc(C)o1. The van der Waals surface area contributed by atoms with Crippen LogP contribution in [0.3, 0.4) is 0 Å². The van der Waals surface area contributed by atoms with E-state index in [0.29, 0.717) is 30.1 Å². The largest absolute Gasteiger partial charge is 0.466 e. The predicted molar refractivity (Wildman–Crippen MR) is 103 cm³/mol. The molecule has 1 unspecified atom stereocenters. The van der Waals surface area contributed by atoms with Crippen LogP contribution in [0.4, 0.5) is 0 Å². The number of esters is 1. The Hall–Kier alpha value is -1.82. The fourth-order valence-corrected chi connectivity index (χ4v) is 4.16. The van der Waals surface area contributed by atoms with Gasteiger partial charge in [-0.15, -0.1) is 0 Å². The molecule has 0 fully saturated rings. The van der Waals surface area contributed by atoms with Gasteiger partial charge >= 0.3 is 5.97 Å². The van der Waals surface area contributed by atoms with Gasteiger partial charge in [0, 0.05) is 29.2 Å². The van der Waals surface area contributed by atoms with Crippen LogP contribution >= 0.6 is 11.8 Å². The smallest absolute Gasteiger partial charge is 0.315 e. The maximum absolute atomic E-state index is 12.9. The third-order valence-corrected chi connectivity index (χ3v) is 5.70. The van der Waals surface area contributed by atoms with Gasteiger partial charge in [0.25, 0.3) is 0 Å². The Morgan fingerprint density at radius 2 is 2.15 bits per heavy atom. The van der Waals surface area contributed by atoms with Crippen LogP contribution in [-0.4, -0.2) is 35.6 Å². The fraction of sp³-hybridized carbons (Fsp3) is 0.550. The maximum atomic E-state index is 12.9. The summed E-state index contributed by atoms with van der Waals surface area (Å²) in [5.41, 5.74) is 2.15. The van der Waals surface area contributed by atoms with E-state index in [0.717, 1.165) is 35.8 Å². The van der Waals surface area contributed by atoms with Gasteiger partial charge in [0.1, 0.15) is 24.0 Å². The average Bonchev–Trinajstić information content (AvgIpc) is 3.03. The van der Waals surface area contributed by atoms with Gasteiger partial charge in [-0.25, -0.2) is 0 Å². The molecule has 3 rings (SSSR count). The minimum Gasteiger partial charge on any atom is -0.466 e. The zero-order valence-electron chi connectivity index (χ0n) is 15.5. The van der Waals surface area contributed by atoms with E-state index in [2.05, 4.69) is 11.9 Å². The zero-order chi connectivity index (χ0) is 18.7. The van der Waals surface area contributed by atoms with Gasteiger partial charge in [-0.2, -0.15) is 11.8 Å². The highest BCUT2D eigenvalue weighted by Crippen LogP contribution is 2.44. The number of rotatable bonds is 6. The van der Waals surface area contributed by atoms with E-state index in [9.17, 15) is 9.59 Å². The number of nitrogens with zero attached hydrogens (tertiary/aromatic N) is 1. The number of carbonyl (C=O) groups is 2. The number of hydrogen-bond acceptors (Lipinski definition) is 6. The third-order valence-electron chi connectivity index (χ3n) is 4.83. The van der Waals surface area contributed by atoms with Crippen LogP contribution in [-0.2, 0) is 14.3 Å². The van der Waals surface area contributed by atoms with Crippen molar-refractivity contribution in [1.82, 2.24) is 0 Å². The summed E-state index contributed by atoms with van der Waals surface area (Å²) in [6.07, 6.45) is 2.07. The monoisotopic (exact) mass is 375 g/mol. The number of ether oxygens (including phenoxy) is 1. The number of hydrogen-bond donors (Lipinski definition) is 0. The number of allylic oxidation sites excluding steroid dienone is 2. The Morgan fingerprint density at radius 3 is 2.85 bits per heavy atom. The molecule has 140 valence electrons. The van der Waals surface area contributed by atoms with Crippen molar-refractivity contribution in [3.8, 4) is 0 Å². The minimum absolute atomic E-state index is 0.0703. The van der Waals surface area contributed by atoms with Crippen molar-refractivity contribution < 1.29 is 18.7 Å². The summed E-state index contributed by atoms with van der Waals surface area (Å²) in [4.78, 5) is 30.1. The number of aliphatic imine (C=N–C) groups is 1. The van der Waals surface area contributed by atoms with Crippen LogP contribution in [0.1, 0.15) is 50.5 Å². The van der Waals surface area contributed by atoms with Gasteiger partial charge in [-0.1, -0.05) is 6.92 Å². The number of aryl methyl sites for hydroxylation is 1. The van der Waals surface area contributed by atoms with Gasteiger partial charge in [-0.05, 0) is 44.6 Å². The predicted octanol–water partition coefficient (Wildman–Crippen LogP) is 4.07. The van der Waals surface area contributed by atoms with Gasteiger partial charge < -0.3 is 9.15 Å². The Labute approximate surface area is 158 Å². The molecule has 2 heterocycles. The normalized spacial score (nSPS) is 22.9. The fourth-order valence-electron chi connectivity index (χ4n) is 3.68. The van der Waals surface area contributed by atoms with E-state index in [4.69, 9.17) is 9.15 Å². The molecule has 2 aliphatic rings. The van der Waals surface area contributed by atoms with Crippen molar-refractivity contribution in [2.45, 2.75) is 46.0 Å². The van der Waals surface area contributed by atoms with Crippen LogP contribution in [0.15, 0.2) is 32.8 Å². The first-order valence-electron chi connectivity index (χ1n) is 9.15. The van der Waals surface area contributed by atoms with Crippen molar-refractivity contribution in [2.24, 2.45) is 10.9 Å². The van der Waals surface area contributed by atoms with Crippen molar-refractivity contribution in [3.05, 3.63) is 34.9 Å². The first-order chi connectivity index (χ1) is 12.5. The number of thioether (sulfide) groups is 1. The molecular formula is C20H25NO4S. The first-order valence-corrected chi connectivity index (χ1v) is 10.3. The molecule has 1 aromatic heterocycles. The Bertz CT molecular complexity index is 762. The molecule has 0 radical (unpaired) electrons. The molecule has 1 aliphatic carbocycles. The lowest BCUT2D eigenvalue weighted by molar-refractivity contribution is -0.146. The summed E-state index contributed by atoms with van der Waals surface area (Å²) in [6, 6.07) is 3.72. The highest BCUT2D eigenvalue weighted by atomic mass is 32.2. The van der Waals surface area contributed by atoms with Crippen LogP contribution < -0.4 is 0 Å². The molecule has 0 aromatic carbocycles. The lowest BCUT2D eigenvalue weighted by Crippen LogP contribution is -2.37. The van der Waals surface area contributed by atoms with Gasteiger partial charge in [-0.3, -0.25) is 14.6 Å². The Morgan fingerprint density at radius 1 is 1.35 bits per heavy atom. The minimum atomic E-state index is -0.604. The van der Waals surface area contributed by atoms with Crippen molar-refractivity contribution in [2.75, 3.05) is 18.1 Å². The van der Waals surface area contributed by atoms with E-state index in [1.54, 1.807) is 11.8 Å². The molecule has 2 atom stereocenters. The topological polar surface area (TPSA) is 68.9 Å². The van der Waals surface area contributed by atoms with Crippen molar-refractivity contribution >= 4 is 29.2 Å². The van der Waals surface area contributed by atoms with E-state index >= 15 is 0 Å². The number of ketones is 1. The standard InChI is InChI=1S/C20H25NO4S/c1-4-26-11-10-24-20(23)17-13(3)21-14-6-5-7-15(22)18(14)19(17)16-9-8-12(2)25-16/h8-9,17,19H,4-7,10-11H2,1-3H3/t17?,19-/m1/s1. The number of Topliss-reactive ketones (excluding diaryl/α,β-unsaturated/α-hetero) is 1. The summed E-state index contributed by atoms with van der Waals surface area (Å²) >= 11 is 1.73. The van der Waals surface area contributed by atoms with Gasteiger partial charge in [0.05, 0.1) is 5.92 Å². The highest BCUT2D eigenvalue weighted by Gasteiger charge is 2.44. The Kier molecular flexibility index (Phi) is 6.01. The average molecular weight is 375 g/mol. The second kappa shape index (κ2) is 8.25. The van der Waals surface area contributed by atoms with Crippen molar-refractivity contribution in [3.63, 3.8) is 0 Å². The lowest BCUT2D eigenvalue weighted by atomic mass is 9.74. The summed E-state index contributed by atoms with van der Waals surface area (Å²) in [7, 11) is 0. The molecule has 26 heavy (non-hydrogen) atoms. The van der Waals surface area contributed by atoms with E-state index in [1.807, 2.05) is 26.0 Å². The van der Waals surface area contributed by atoms with E-state index in [-0.39, 0.29) is 11.8 Å².